The molecule has 0 saturated carbocycles. The second kappa shape index (κ2) is 6.11. The van der Waals surface area contributed by atoms with Crippen LogP contribution in [0.25, 0.3) is 0 Å². The first-order chi connectivity index (χ1) is 7.65. The van der Waals surface area contributed by atoms with Gasteiger partial charge in [-0.1, -0.05) is 37.3 Å². The molecule has 1 unspecified atom stereocenters. The predicted octanol–water partition coefficient (Wildman–Crippen LogP) is 3.25. The number of allylic oxidation sites excluding steroid dienone is 1. The molecule has 0 heterocycles. The van der Waals surface area contributed by atoms with Crippen LogP contribution in [0.2, 0.25) is 0 Å². The van der Waals surface area contributed by atoms with E-state index >= 15 is 0 Å². The van der Waals surface area contributed by atoms with Crippen molar-refractivity contribution < 1.29 is 9.53 Å². The summed E-state index contributed by atoms with van der Waals surface area (Å²) < 4.78 is 5.24. The monoisotopic (exact) mass is 218 g/mol. The zero-order valence-electron chi connectivity index (χ0n) is 9.90. The van der Waals surface area contributed by atoms with Crippen molar-refractivity contribution in [1.82, 2.24) is 0 Å². The van der Waals surface area contributed by atoms with Crippen molar-refractivity contribution in [3.8, 4) is 0 Å². The molecule has 2 heteroatoms. The van der Waals surface area contributed by atoms with E-state index < -0.39 is 0 Å². The Morgan fingerprint density at radius 2 is 2.19 bits per heavy atom. The van der Waals surface area contributed by atoms with E-state index in [2.05, 4.69) is 6.58 Å². The number of esters is 1. The molecule has 0 N–H and O–H groups in total. The van der Waals surface area contributed by atoms with Crippen LogP contribution in [0.3, 0.4) is 0 Å². The van der Waals surface area contributed by atoms with Gasteiger partial charge in [0.15, 0.2) is 0 Å². The van der Waals surface area contributed by atoms with E-state index in [4.69, 9.17) is 4.74 Å². The summed E-state index contributed by atoms with van der Waals surface area (Å²) in [5.41, 5.74) is 2.20. The summed E-state index contributed by atoms with van der Waals surface area (Å²) in [5.74, 6) is -0.273. The highest BCUT2D eigenvalue weighted by Gasteiger charge is 2.12. The molecule has 16 heavy (non-hydrogen) atoms. The summed E-state index contributed by atoms with van der Waals surface area (Å²) >= 11 is 0. The van der Waals surface area contributed by atoms with Crippen LogP contribution in [-0.2, 0) is 16.1 Å². The van der Waals surface area contributed by atoms with Crippen molar-refractivity contribution in [3.63, 3.8) is 0 Å². The Kier molecular flexibility index (Phi) is 4.77. The molecule has 0 radical (unpaired) electrons. The molecule has 0 aliphatic carbocycles. The lowest BCUT2D eigenvalue weighted by atomic mass is 10.1. The Hall–Kier alpha value is -1.57. The van der Waals surface area contributed by atoms with Gasteiger partial charge in [0.25, 0.3) is 0 Å². The molecule has 0 amide bonds. The van der Waals surface area contributed by atoms with E-state index in [1.165, 1.54) is 0 Å². The van der Waals surface area contributed by atoms with Crippen LogP contribution >= 0.6 is 0 Å². The predicted molar refractivity (Wildman–Crippen MR) is 65.0 cm³/mol. The number of hydrogen-bond acceptors (Lipinski definition) is 2. The van der Waals surface area contributed by atoms with E-state index in [1.54, 1.807) is 6.08 Å². The van der Waals surface area contributed by atoms with Crippen molar-refractivity contribution in [3.05, 3.63) is 48.0 Å². The van der Waals surface area contributed by atoms with Gasteiger partial charge in [0.2, 0.25) is 0 Å². The Labute approximate surface area is 96.9 Å². The van der Waals surface area contributed by atoms with E-state index in [0.717, 1.165) is 11.1 Å². The molecular formula is C14H18O2. The first-order valence-corrected chi connectivity index (χ1v) is 5.47. The molecule has 1 aromatic carbocycles. The number of carbonyl (C=O) groups is 1. The smallest absolute Gasteiger partial charge is 0.309 e. The fraction of sp³-hybridized carbons (Fsp3) is 0.357. The number of ether oxygens (including phenoxy) is 1. The lowest BCUT2D eigenvalue weighted by Crippen LogP contribution is -2.14. The molecular weight excluding hydrogens is 200 g/mol. The number of aryl methyl sites for hydroxylation is 1. The van der Waals surface area contributed by atoms with Crippen molar-refractivity contribution in [2.24, 2.45) is 5.92 Å². The van der Waals surface area contributed by atoms with Gasteiger partial charge in [-0.15, -0.1) is 6.58 Å². The second-order valence-electron chi connectivity index (χ2n) is 3.96. The summed E-state index contributed by atoms with van der Waals surface area (Å²) in [7, 11) is 0. The molecule has 0 spiro atoms. The number of rotatable bonds is 5. The zero-order valence-corrected chi connectivity index (χ0v) is 9.90. The maximum Gasteiger partial charge on any atom is 0.309 e. The van der Waals surface area contributed by atoms with Crippen LogP contribution in [0.5, 0.6) is 0 Å². The minimum absolute atomic E-state index is 0.110. The third-order valence-corrected chi connectivity index (χ3v) is 2.55. The first-order valence-electron chi connectivity index (χ1n) is 5.47. The maximum atomic E-state index is 11.5. The summed E-state index contributed by atoms with van der Waals surface area (Å²) in [6.45, 7) is 7.82. The molecule has 0 aromatic heterocycles. The van der Waals surface area contributed by atoms with Crippen LogP contribution in [0.15, 0.2) is 36.9 Å². The minimum atomic E-state index is -0.164. The maximum absolute atomic E-state index is 11.5. The molecule has 1 aromatic rings. The second-order valence-corrected chi connectivity index (χ2v) is 3.96. The van der Waals surface area contributed by atoms with Gasteiger partial charge in [0.1, 0.15) is 6.61 Å². The molecule has 0 saturated heterocycles. The topological polar surface area (TPSA) is 26.3 Å². The molecule has 0 fully saturated rings. The third kappa shape index (κ3) is 3.54. The van der Waals surface area contributed by atoms with Gasteiger partial charge in [-0.05, 0) is 24.5 Å². The van der Waals surface area contributed by atoms with E-state index in [-0.39, 0.29) is 11.9 Å². The molecule has 1 rings (SSSR count). The van der Waals surface area contributed by atoms with Crippen molar-refractivity contribution in [1.29, 1.82) is 0 Å². The van der Waals surface area contributed by atoms with E-state index in [0.29, 0.717) is 13.0 Å². The average molecular weight is 218 g/mol. The van der Waals surface area contributed by atoms with Crippen molar-refractivity contribution >= 4 is 5.97 Å². The van der Waals surface area contributed by atoms with Crippen molar-refractivity contribution in [2.45, 2.75) is 26.9 Å². The van der Waals surface area contributed by atoms with E-state index in [9.17, 15) is 4.79 Å². The summed E-state index contributed by atoms with van der Waals surface area (Å²) in [6.07, 6.45) is 2.40. The van der Waals surface area contributed by atoms with Gasteiger partial charge in [-0.3, -0.25) is 4.79 Å². The van der Waals surface area contributed by atoms with Gasteiger partial charge < -0.3 is 4.74 Å². The number of carbonyl (C=O) groups excluding carboxylic acids is 1. The average Bonchev–Trinajstić information content (AvgIpc) is 2.28. The Bertz CT molecular complexity index is 369. The Morgan fingerprint density at radius 3 is 2.81 bits per heavy atom. The van der Waals surface area contributed by atoms with Gasteiger partial charge in [-0.2, -0.15) is 0 Å². The molecule has 0 aliphatic heterocycles. The minimum Gasteiger partial charge on any atom is -0.461 e. The zero-order chi connectivity index (χ0) is 12.0. The SMILES string of the molecule is C=CCC(C)C(=O)OCc1ccccc1C. The molecule has 86 valence electrons. The van der Waals surface area contributed by atoms with Gasteiger partial charge in [0.05, 0.1) is 5.92 Å². The van der Waals surface area contributed by atoms with Gasteiger partial charge >= 0.3 is 5.97 Å². The fourth-order valence-electron chi connectivity index (χ4n) is 1.41. The highest BCUT2D eigenvalue weighted by molar-refractivity contribution is 5.72. The Morgan fingerprint density at radius 1 is 1.50 bits per heavy atom. The fourth-order valence-corrected chi connectivity index (χ4v) is 1.41. The quantitative estimate of drug-likeness (QED) is 0.560. The van der Waals surface area contributed by atoms with Crippen LogP contribution in [0.4, 0.5) is 0 Å². The first kappa shape index (κ1) is 12.5. The van der Waals surface area contributed by atoms with Gasteiger partial charge in [0, 0.05) is 0 Å². The largest absolute Gasteiger partial charge is 0.461 e. The third-order valence-electron chi connectivity index (χ3n) is 2.55. The molecule has 0 aliphatic rings. The van der Waals surface area contributed by atoms with Crippen LogP contribution in [0, 0.1) is 12.8 Å². The standard InChI is InChI=1S/C14H18O2/c1-4-7-12(3)14(15)16-10-13-9-6-5-8-11(13)2/h4-6,8-9,12H,1,7,10H2,2-3H3. The lowest BCUT2D eigenvalue weighted by molar-refractivity contribution is -0.149. The van der Waals surface area contributed by atoms with Crippen molar-refractivity contribution in [2.75, 3.05) is 0 Å². The lowest BCUT2D eigenvalue weighted by Gasteiger charge is -2.10. The molecule has 2 nitrogen and oxygen atoms in total. The highest BCUT2D eigenvalue weighted by Crippen LogP contribution is 2.11. The van der Waals surface area contributed by atoms with Crippen LogP contribution in [0.1, 0.15) is 24.5 Å². The number of hydrogen-bond donors (Lipinski definition) is 0. The Balaban J connectivity index is 2.49. The summed E-state index contributed by atoms with van der Waals surface area (Å²) in [4.78, 5) is 11.5. The highest BCUT2D eigenvalue weighted by atomic mass is 16.5. The van der Waals surface area contributed by atoms with Crippen LogP contribution in [-0.4, -0.2) is 5.97 Å². The van der Waals surface area contributed by atoms with Crippen LogP contribution < -0.4 is 0 Å². The summed E-state index contributed by atoms with van der Waals surface area (Å²) in [6, 6.07) is 7.90. The number of benzene rings is 1. The molecule has 0 bridgehead atoms. The normalized spacial score (nSPS) is 11.9. The van der Waals surface area contributed by atoms with Gasteiger partial charge in [-0.25, -0.2) is 0 Å². The van der Waals surface area contributed by atoms with E-state index in [1.807, 2.05) is 38.1 Å². The molecule has 1 atom stereocenters. The summed E-state index contributed by atoms with van der Waals surface area (Å²) in [5, 5.41) is 0.